The molecule has 0 spiro atoms. The average molecular weight is 1560 g/mol. The Labute approximate surface area is 664 Å². The summed E-state index contributed by atoms with van der Waals surface area (Å²) in [5, 5.41) is 18.1. The molecular weight excluding hydrogens is 1510 g/mol. The molecule has 0 aliphatic rings. The highest BCUT2D eigenvalue weighted by Gasteiger charge is 2.22. The van der Waals surface area contributed by atoms with Gasteiger partial charge in [0.1, 0.15) is 0 Å². The van der Waals surface area contributed by atoms with Crippen molar-refractivity contribution in [3.8, 4) is 67.3 Å². The third kappa shape index (κ3) is 12.3. The number of fused-ring (bicyclic) bond motifs is 14. The molecule has 8 aromatic heterocycles. The molecular formula is C94H52Cl4N8S4. The summed E-state index contributed by atoms with van der Waals surface area (Å²) in [6, 6.07) is 110. The van der Waals surface area contributed by atoms with Gasteiger partial charge in [-0.2, -0.15) is 0 Å². The van der Waals surface area contributed by atoms with Crippen LogP contribution in [0, 0.1) is 0 Å². The SMILES string of the molecule is Clc1nc(-c2cc3ccc4cccc5ccc(c2)c3c45)c2sc3ccccc3c2n1.Clc1nc(-c2ccc(-c3cccc4ccccc34)cc2)c2sc3ccccc3c2n1.Clc1nc(-c2ccc(-c3ccccc3)cc2)c2sc3ccccc3c2n1.Clc1nc(-c2cccc3ccccc23)c2sc3ccccc3c2n1. The first-order valence-electron chi connectivity index (χ1n) is 35.4. The molecule has 110 heavy (non-hydrogen) atoms. The van der Waals surface area contributed by atoms with Crippen LogP contribution in [-0.4, -0.2) is 39.9 Å². The third-order valence-corrected chi connectivity index (χ3v) is 25.4. The smallest absolute Gasteiger partial charge is 0.216 e. The summed E-state index contributed by atoms with van der Waals surface area (Å²) in [5.74, 6) is 0. The van der Waals surface area contributed by atoms with Crippen molar-refractivity contribution < 1.29 is 0 Å². The summed E-state index contributed by atoms with van der Waals surface area (Å²) >= 11 is 32.0. The molecule has 23 aromatic rings. The van der Waals surface area contributed by atoms with Gasteiger partial charge in [0, 0.05) is 62.6 Å². The number of thiophene rings is 4. The van der Waals surface area contributed by atoms with Gasteiger partial charge in [0.15, 0.2) is 0 Å². The zero-order valence-corrected chi connectivity index (χ0v) is 64.0. The van der Waals surface area contributed by atoms with Gasteiger partial charge in [-0.1, -0.05) is 279 Å². The highest BCUT2D eigenvalue weighted by Crippen LogP contribution is 2.46. The number of rotatable bonds is 6. The Bertz CT molecular complexity index is 7480. The average Bonchev–Trinajstić information content (AvgIpc) is 0.963. The molecule has 520 valence electrons. The van der Waals surface area contributed by atoms with Crippen LogP contribution in [0.5, 0.6) is 0 Å². The van der Waals surface area contributed by atoms with Crippen molar-refractivity contribution in [1.82, 2.24) is 39.9 Å². The second-order valence-corrected chi connectivity index (χ2v) is 32.1. The second-order valence-electron chi connectivity index (χ2n) is 26.6. The van der Waals surface area contributed by atoms with E-state index >= 15 is 0 Å². The molecule has 0 radical (unpaired) electrons. The first kappa shape index (κ1) is 67.6. The molecule has 0 aliphatic carbocycles. The van der Waals surface area contributed by atoms with Crippen molar-refractivity contribution in [3.05, 3.63) is 337 Å². The van der Waals surface area contributed by atoms with Gasteiger partial charge in [-0.25, -0.2) is 39.9 Å². The summed E-state index contributed by atoms with van der Waals surface area (Å²) < 4.78 is 9.08. The Morgan fingerprint density at radius 1 is 0.191 bits per heavy atom. The molecule has 0 unspecified atom stereocenters. The lowest BCUT2D eigenvalue weighted by Gasteiger charge is -2.12. The zero-order chi connectivity index (χ0) is 73.5. The largest absolute Gasteiger partial charge is 0.223 e. The molecule has 0 bridgehead atoms. The Kier molecular flexibility index (Phi) is 17.4. The first-order valence-corrected chi connectivity index (χ1v) is 40.2. The normalized spacial score (nSPS) is 11.6. The molecule has 0 aliphatic heterocycles. The minimum absolute atomic E-state index is 0.277. The molecule has 0 atom stereocenters. The van der Waals surface area contributed by atoms with E-state index in [0.717, 1.165) is 107 Å². The molecule has 0 amide bonds. The lowest BCUT2D eigenvalue weighted by atomic mass is 9.92. The van der Waals surface area contributed by atoms with Crippen LogP contribution in [0.25, 0.3) is 202 Å². The topological polar surface area (TPSA) is 103 Å². The summed E-state index contributed by atoms with van der Waals surface area (Å²) in [4.78, 5) is 36.4. The Morgan fingerprint density at radius 3 is 0.927 bits per heavy atom. The van der Waals surface area contributed by atoms with Crippen molar-refractivity contribution >= 4 is 227 Å². The summed E-state index contributed by atoms with van der Waals surface area (Å²) in [5.41, 5.74) is 16.3. The van der Waals surface area contributed by atoms with Crippen LogP contribution in [0.15, 0.2) is 315 Å². The maximum absolute atomic E-state index is 6.38. The number of halogens is 4. The summed E-state index contributed by atoms with van der Waals surface area (Å²) in [7, 11) is 0. The standard InChI is InChI=1S/C26H13ClN2S.C26H15ClN2S.C22H13ClN2S.C20H11ClN2S/c27-26-28-23(25-24(29-26)19-6-1-2-7-20(19)30-25)18-12-16-10-8-14-4-3-5-15-9-11-17(13-18)22(16)21(14)15;27-26-28-23(25-24(29-26)21-9-3-4-11-22(21)30-25)18-14-12-17(13-15-18)20-10-5-7-16-6-1-2-8-19(16)20;23-22-24-19(21-20(25-22)17-8-4-5-9-18(17)26-21)16-12-10-15(11-13-16)14-6-2-1-3-7-14;21-20-22-17(14-10-5-7-12-6-1-2-8-13(12)14)19-18(23-20)15-9-3-4-11-16(15)24-19/h1-13H;1-15H;1-13H;1-11H. The molecule has 0 saturated carbocycles. The fraction of sp³-hybridized carbons (Fsp3) is 0. The van der Waals surface area contributed by atoms with E-state index < -0.39 is 0 Å². The minimum Gasteiger partial charge on any atom is -0.216 e. The molecule has 0 N–H and O–H groups in total. The summed E-state index contributed by atoms with van der Waals surface area (Å²) in [6.07, 6.45) is 0. The van der Waals surface area contributed by atoms with Crippen LogP contribution in [0.4, 0.5) is 0 Å². The van der Waals surface area contributed by atoms with E-state index in [-0.39, 0.29) is 21.1 Å². The van der Waals surface area contributed by atoms with Gasteiger partial charge in [0.2, 0.25) is 21.1 Å². The molecule has 16 heteroatoms. The van der Waals surface area contributed by atoms with Crippen LogP contribution >= 0.6 is 91.8 Å². The maximum Gasteiger partial charge on any atom is 0.223 e. The van der Waals surface area contributed by atoms with Crippen LogP contribution in [-0.2, 0) is 0 Å². The Balaban J connectivity index is 0.0000000965. The van der Waals surface area contributed by atoms with E-state index in [1.165, 1.54) is 94.9 Å². The van der Waals surface area contributed by atoms with E-state index in [4.69, 9.17) is 46.4 Å². The number of aromatic nitrogens is 8. The van der Waals surface area contributed by atoms with Gasteiger partial charge < -0.3 is 0 Å². The van der Waals surface area contributed by atoms with Gasteiger partial charge in [0.05, 0.1) is 63.6 Å². The van der Waals surface area contributed by atoms with Crippen molar-refractivity contribution in [3.63, 3.8) is 0 Å². The van der Waals surface area contributed by atoms with Gasteiger partial charge in [-0.15, -0.1) is 45.3 Å². The number of nitrogens with zero attached hydrogens (tertiary/aromatic N) is 8. The monoisotopic (exact) mass is 1560 g/mol. The highest BCUT2D eigenvalue weighted by molar-refractivity contribution is 7.27. The molecule has 0 saturated heterocycles. The van der Waals surface area contributed by atoms with Gasteiger partial charge in [-0.3, -0.25) is 0 Å². The predicted octanol–water partition coefficient (Wildman–Crippen LogP) is 29.2. The summed E-state index contributed by atoms with van der Waals surface area (Å²) in [6.45, 7) is 0. The third-order valence-electron chi connectivity index (χ3n) is 20.1. The first-order chi connectivity index (χ1) is 54.1. The van der Waals surface area contributed by atoms with Crippen LogP contribution in [0.2, 0.25) is 21.1 Å². The fourth-order valence-corrected chi connectivity index (χ4v) is 20.4. The van der Waals surface area contributed by atoms with Crippen molar-refractivity contribution in [2.45, 2.75) is 0 Å². The van der Waals surface area contributed by atoms with E-state index in [0.29, 0.717) is 0 Å². The van der Waals surface area contributed by atoms with Crippen molar-refractivity contribution in [1.29, 1.82) is 0 Å². The molecule has 8 nitrogen and oxygen atoms in total. The highest BCUT2D eigenvalue weighted by atomic mass is 35.5. The minimum atomic E-state index is 0.277. The van der Waals surface area contributed by atoms with E-state index in [9.17, 15) is 0 Å². The van der Waals surface area contributed by atoms with Crippen molar-refractivity contribution in [2.24, 2.45) is 0 Å². The van der Waals surface area contributed by atoms with Crippen LogP contribution < -0.4 is 0 Å². The molecule has 0 fully saturated rings. The molecule has 23 rings (SSSR count). The van der Waals surface area contributed by atoms with E-state index in [2.05, 4.69) is 289 Å². The Hall–Kier alpha value is -11.8. The predicted molar refractivity (Wildman–Crippen MR) is 471 cm³/mol. The zero-order valence-electron chi connectivity index (χ0n) is 57.7. The number of hydrogen-bond donors (Lipinski definition) is 0. The molecule has 8 heterocycles. The lowest BCUT2D eigenvalue weighted by molar-refractivity contribution is 1.23. The Morgan fingerprint density at radius 2 is 0.482 bits per heavy atom. The number of benzene rings is 15. The van der Waals surface area contributed by atoms with Crippen molar-refractivity contribution in [2.75, 3.05) is 0 Å². The second kappa shape index (κ2) is 28.3. The van der Waals surface area contributed by atoms with E-state index in [1.54, 1.807) is 45.3 Å². The van der Waals surface area contributed by atoms with Gasteiger partial charge >= 0.3 is 0 Å². The number of hydrogen-bond acceptors (Lipinski definition) is 12. The lowest BCUT2D eigenvalue weighted by Crippen LogP contribution is -1.90. The van der Waals surface area contributed by atoms with Crippen LogP contribution in [0.3, 0.4) is 0 Å². The quantitative estimate of drug-likeness (QED) is 0.120. The van der Waals surface area contributed by atoms with Gasteiger partial charge in [-0.05, 0) is 159 Å². The molecule has 15 aromatic carbocycles. The van der Waals surface area contributed by atoms with Gasteiger partial charge in [0.25, 0.3) is 0 Å². The van der Waals surface area contributed by atoms with Crippen LogP contribution in [0.1, 0.15) is 0 Å². The maximum atomic E-state index is 6.38. The fourth-order valence-electron chi connectivity index (χ4n) is 15.1. The van der Waals surface area contributed by atoms with E-state index in [1.807, 2.05) is 66.7 Å².